The average Bonchev–Trinajstić information content (AvgIpc) is 2.35. The highest BCUT2D eigenvalue weighted by Gasteiger charge is 2.31. The second-order valence-electron chi connectivity index (χ2n) is 3.87. The summed E-state index contributed by atoms with van der Waals surface area (Å²) >= 11 is 0. The molecule has 1 atom stereocenters. The normalized spacial score (nSPS) is 12.8. The molecular formula is C12H10F3NO3. The Balaban J connectivity index is 2.96. The van der Waals surface area contributed by atoms with Crippen LogP contribution in [-0.4, -0.2) is 22.6 Å². The molecule has 2 N–H and O–H groups in total. The number of rotatable bonds is 4. The number of hydrogen-bond acceptors (Lipinski definition) is 3. The summed E-state index contributed by atoms with van der Waals surface area (Å²) in [7, 11) is 0. The van der Waals surface area contributed by atoms with Crippen molar-refractivity contribution in [1.82, 2.24) is 0 Å². The number of benzene rings is 1. The van der Waals surface area contributed by atoms with Crippen LogP contribution in [0.1, 0.15) is 18.1 Å². The number of carbonyl (C=O) groups is 2. The summed E-state index contributed by atoms with van der Waals surface area (Å²) in [5.74, 6) is -3.75. The van der Waals surface area contributed by atoms with Crippen LogP contribution in [-0.2, 0) is 15.8 Å². The number of halogens is 3. The predicted octanol–water partition coefficient (Wildman–Crippen LogP) is 2.36. The van der Waals surface area contributed by atoms with Crippen LogP contribution in [0.4, 0.5) is 13.2 Å². The van der Waals surface area contributed by atoms with Gasteiger partial charge in [0.1, 0.15) is 11.6 Å². The van der Waals surface area contributed by atoms with Crippen molar-refractivity contribution in [3.63, 3.8) is 0 Å². The van der Waals surface area contributed by atoms with E-state index in [2.05, 4.69) is 0 Å². The summed E-state index contributed by atoms with van der Waals surface area (Å²) in [6.45, 7) is 1.11. The van der Waals surface area contributed by atoms with Crippen molar-refractivity contribution in [2.24, 2.45) is 5.92 Å². The smallest absolute Gasteiger partial charge is 0.416 e. The number of Topliss-reactive ketones (excluding diaryl/α,β-unsaturated/α-hetero) is 1. The molecule has 0 spiro atoms. The highest BCUT2D eigenvalue weighted by Crippen LogP contribution is 2.29. The zero-order valence-corrected chi connectivity index (χ0v) is 9.78. The van der Waals surface area contributed by atoms with E-state index in [9.17, 15) is 22.8 Å². The Morgan fingerprint density at radius 3 is 2.05 bits per heavy atom. The number of aliphatic carboxylic acids is 1. The minimum Gasteiger partial charge on any atom is -0.481 e. The second kappa shape index (κ2) is 5.21. The number of carboxylic acid groups (broad SMARTS) is 1. The molecular weight excluding hydrogens is 263 g/mol. The fraction of sp³-hybridized carbons (Fsp3) is 0.250. The maximum absolute atomic E-state index is 12.3. The molecule has 1 unspecified atom stereocenters. The summed E-state index contributed by atoms with van der Waals surface area (Å²) in [5.41, 5.74) is -1.57. The predicted molar refractivity (Wildman–Crippen MR) is 60.1 cm³/mol. The molecule has 0 amide bonds. The van der Waals surface area contributed by atoms with Crippen molar-refractivity contribution in [2.75, 3.05) is 0 Å². The first-order valence-corrected chi connectivity index (χ1v) is 5.17. The molecule has 1 aromatic carbocycles. The highest BCUT2D eigenvalue weighted by molar-refractivity contribution is 6.47. The molecule has 0 fully saturated rings. The molecule has 19 heavy (non-hydrogen) atoms. The first-order chi connectivity index (χ1) is 8.64. The van der Waals surface area contributed by atoms with Crippen molar-refractivity contribution in [3.8, 4) is 0 Å². The lowest BCUT2D eigenvalue weighted by atomic mass is 9.97. The number of nitrogens with one attached hydrogen (secondary N) is 1. The van der Waals surface area contributed by atoms with Crippen LogP contribution in [0.5, 0.6) is 0 Å². The van der Waals surface area contributed by atoms with Gasteiger partial charge in [-0.25, -0.2) is 0 Å². The fourth-order valence-electron chi connectivity index (χ4n) is 1.30. The van der Waals surface area contributed by atoms with E-state index in [0.717, 1.165) is 31.2 Å². The molecule has 1 aromatic rings. The van der Waals surface area contributed by atoms with Crippen molar-refractivity contribution >= 4 is 17.5 Å². The molecule has 4 nitrogen and oxygen atoms in total. The minimum atomic E-state index is -4.50. The lowest BCUT2D eigenvalue weighted by molar-refractivity contribution is -0.144. The van der Waals surface area contributed by atoms with E-state index in [1.807, 2.05) is 0 Å². The molecule has 102 valence electrons. The van der Waals surface area contributed by atoms with E-state index >= 15 is 0 Å². The van der Waals surface area contributed by atoms with E-state index in [4.69, 9.17) is 10.5 Å². The van der Waals surface area contributed by atoms with Crippen LogP contribution >= 0.6 is 0 Å². The molecule has 0 aliphatic rings. The van der Waals surface area contributed by atoms with Crippen molar-refractivity contribution in [2.45, 2.75) is 13.1 Å². The Labute approximate surface area is 106 Å². The number of hydrogen-bond donors (Lipinski definition) is 2. The Morgan fingerprint density at radius 1 is 1.21 bits per heavy atom. The van der Waals surface area contributed by atoms with Gasteiger partial charge in [-0.2, -0.15) is 13.2 Å². The van der Waals surface area contributed by atoms with Crippen LogP contribution < -0.4 is 0 Å². The summed E-state index contributed by atoms with van der Waals surface area (Å²) in [5, 5.41) is 16.1. The molecule has 0 heterocycles. The minimum absolute atomic E-state index is 0.0499. The van der Waals surface area contributed by atoms with Crippen molar-refractivity contribution in [3.05, 3.63) is 35.4 Å². The maximum Gasteiger partial charge on any atom is 0.416 e. The van der Waals surface area contributed by atoms with Gasteiger partial charge in [0.15, 0.2) is 5.78 Å². The molecule has 0 saturated carbocycles. The summed E-state index contributed by atoms with van der Waals surface area (Å²) in [6.07, 6.45) is -4.50. The van der Waals surface area contributed by atoms with Gasteiger partial charge in [0, 0.05) is 5.56 Å². The van der Waals surface area contributed by atoms with Crippen molar-refractivity contribution in [1.29, 1.82) is 5.41 Å². The zero-order valence-electron chi connectivity index (χ0n) is 9.78. The topological polar surface area (TPSA) is 78.2 Å². The Morgan fingerprint density at radius 2 is 1.68 bits per heavy atom. The monoisotopic (exact) mass is 273 g/mol. The van der Waals surface area contributed by atoms with E-state index in [1.54, 1.807) is 0 Å². The first-order valence-electron chi connectivity index (χ1n) is 5.17. The number of ketones is 1. The Bertz CT molecular complexity index is 520. The third-order valence-corrected chi connectivity index (χ3v) is 2.51. The summed E-state index contributed by atoms with van der Waals surface area (Å²) in [4.78, 5) is 22.1. The number of alkyl halides is 3. The third-order valence-electron chi connectivity index (χ3n) is 2.51. The largest absolute Gasteiger partial charge is 0.481 e. The molecule has 0 aliphatic heterocycles. The van der Waals surface area contributed by atoms with Gasteiger partial charge in [-0.1, -0.05) is 12.1 Å². The van der Waals surface area contributed by atoms with Crippen LogP contribution in [0, 0.1) is 11.3 Å². The highest BCUT2D eigenvalue weighted by atomic mass is 19.4. The molecule has 0 aliphatic carbocycles. The van der Waals surface area contributed by atoms with Gasteiger partial charge in [0.2, 0.25) is 0 Å². The van der Waals surface area contributed by atoms with E-state index in [0.29, 0.717) is 0 Å². The first kappa shape index (κ1) is 14.9. The van der Waals surface area contributed by atoms with E-state index in [1.165, 1.54) is 0 Å². The van der Waals surface area contributed by atoms with Crippen LogP contribution in [0.3, 0.4) is 0 Å². The zero-order chi connectivity index (χ0) is 14.8. The van der Waals surface area contributed by atoms with E-state index in [-0.39, 0.29) is 5.56 Å². The fourth-order valence-corrected chi connectivity index (χ4v) is 1.30. The summed E-state index contributed by atoms with van der Waals surface area (Å²) in [6, 6.07) is 3.42. The van der Waals surface area contributed by atoms with Crippen molar-refractivity contribution < 1.29 is 27.9 Å². The van der Waals surface area contributed by atoms with Crippen LogP contribution in [0.15, 0.2) is 24.3 Å². The summed E-state index contributed by atoms with van der Waals surface area (Å²) < 4.78 is 36.9. The Kier molecular flexibility index (Phi) is 4.08. The number of carboxylic acids is 1. The SMILES string of the molecule is CC(C(=O)O)C(=O)C(=N)c1ccc(C(F)(F)F)cc1. The Hall–Kier alpha value is -2.18. The lowest BCUT2D eigenvalue weighted by Crippen LogP contribution is -2.27. The molecule has 0 radical (unpaired) electrons. The van der Waals surface area contributed by atoms with Crippen LogP contribution in [0.2, 0.25) is 0 Å². The molecule has 1 rings (SSSR count). The number of carbonyl (C=O) groups excluding carboxylic acids is 1. The second-order valence-corrected chi connectivity index (χ2v) is 3.87. The quantitative estimate of drug-likeness (QED) is 0.653. The lowest BCUT2D eigenvalue weighted by Gasteiger charge is -2.09. The molecule has 0 bridgehead atoms. The van der Waals surface area contributed by atoms with Gasteiger partial charge in [0.25, 0.3) is 0 Å². The molecule has 0 saturated heterocycles. The molecule has 7 heteroatoms. The van der Waals surface area contributed by atoms with E-state index < -0.39 is 35.1 Å². The van der Waals surface area contributed by atoms with Gasteiger partial charge in [-0.05, 0) is 19.1 Å². The maximum atomic E-state index is 12.3. The van der Waals surface area contributed by atoms with Gasteiger partial charge in [-0.15, -0.1) is 0 Å². The van der Waals surface area contributed by atoms with Gasteiger partial charge >= 0.3 is 12.1 Å². The third kappa shape index (κ3) is 3.40. The molecule has 0 aromatic heterocycles. The standard InChI is InChI=1S/C12H10F3NO3/c1-6(11(18)19)10(17)9(16)7-2-4-8(5-3-7)12(13,14)15/h2-6,16H,1H3,(H,18,19). The van der Waals surface area contributed by atoms with Gasteiger partial charge in [0.05, 0.1) is 5.56 Å². The van der Waals surface area contributed by atoms with Gasteiger partial charge < -0.3 is 5.11 Å². The van der Waals surface area contributed by atoms with Gasteiger partial charge in [-0.3, -0.25) is 15.0 Å². The van der Waals surface area contributed by atoms with Crippen LogP contribution in [0.25, 0.3) is 0 Å². The average molecular weight is 273 g/mol.